The number of methoxy groups -OCH3 is 1. The van der Waals surface area contributed by atoms with Gasteiger partial charge in [-0.1, -0.05) is 50.6 Å². The fraction of sp³-hybridized carbons (Fsp3) is 0.625. The van der Waals surface area contributed by atoms with Crippen LogP contribution in [0.2, 0.25) is 0 Å². The Labute approximate surface area is 306 Å². The Bertz CT molecular complexity index is 1740. The molecule has 4 N–H and O–H groups in total. The van der Waals surface area contributed by atoms with Gasteiger partial charge in [0, 0.05) is 41.8 Å². The molecule has 1 spiro atoms. The summed E-state index contributed by atoms with van der Waals surface area (Å²) in [5.41, 5.74) is -2.89. The van der Waals surface area contributed by atoms with Crippen LogP contribution in [-0.2, 0) is 16.0 Å². The van der Waals surface area contributed by atoms with Crippen LogP contribution < -0.4 is 15.4 Å². The predicted octanol–water partition coefficient (Wildman–Crippen LogP) is 8.24. The van der Waals surface area contributed by atoms with Crippen LogP contribution in [0.1, 0.15) is 89.2 Å². The van der Waals surface area contributed by atoms with Crippen molar-refractivity contribution in [2.75, 3.05) is 25.6 Å². The van der Waals surface area contributed by atoms with Gasteiger partial charge in [0.1, 0.15) is 11.4 Å². The van der Waals surface area contributed by atoms with Crippen molar-refractivity contribution >= 4 is 11.7 Å². The first-order valence-electron chi connectivity index (χ1n) is 18.4. The SMILES string of the molecule is COc1ccc(NC(=O)NCc2ccc([C@H]3C[C@@]4(C)C(CC[C@@]4(O)C(F)(F)C(F)(F)F)C4CCC5(O)CC6(CCC5=C43)OCC(C)(C)CO6)cc2)cc1. The van der Waals surface area contributed by atoms with Crippen LogP contribution in [0.25, 0.3) is 0 Å². The molecule has 5 aliphatic rings. The van der Waals surface area contributed by atoms with E-state index in [2.05, 4.69) is 10.6 Å². The molecule has 2 amide bonds. The van der Waals surface area contributed by atoms with E-state index in [1.54, 1.807) is 55.6 Å². The fourth-order valence-corrected chi connectivity index (χ4v) is 10.2. The van der Waals surface area contributed by atoms with E-state index in [0.717, 1.165) is 16.7 Å². The second kappa shape index (κ2) is 12.9. The summed E-state index contributed by atoms with van der Waals surface area (Å²) in [6.07, 6.45) is -4.99. The molecule has 7 rings (SSSR count). The first-order valence-corrected chi connectivity index (χ1v) is 18.4. The fourth-order valence-electron chi connectivity index (χ4n) is 10.2. The van der Waals surface area contributed by atoms with E-state index in [-0.39, 0.29) is 37.6 Å². The van der Waals surface area contributed by atoms with Crippen LogP contribution in [-0.4, -0.2) is 65.7 Å². The lowest BCUT2D eigenvalue weighted by molar-refractivity contribution is -0.362. The average Bonchev–Trinajstić information content (AvgIpc) is 3.39. The summed E-state index contributed by atoms with van der Waals surface area (Å²) in [4.78, 5) is 12.6. The van der Waals surface area contributed by atoms with Gasteiger partial charge in [-0.3, -0.25) is 0 Å². The first kappa shape index (κ1) is 38.0. The molecule has 1 aliphatic heterocycles. The van der Waals surface area contributed by atoms with Crippen molar-refractivity contribution in [2.45, 2.75) is 114 Å². The van der Waals surface area contributed by atoms with Gasteiger partial charge in [-0.15, -0.1) is 0 Å². The lowest BCUT2D eigenvalue weighted by atomic mass is 9.49. The standard InChI is InChI=1S/C40H49F5N2O6/c1-34(2)22-52-37(53-23-34)17-14-31-32-28(13-16-36(31,49)21-37)30-15-18-38(50,39(41,42)40(43,44)45)35(30,3)19-29(32)25-7-5-24(6-8-25)20-46-33(48)47-26-9-11-27(51-4)12-10-26/h5-12,28-30,49-50H,13-23H2,1-4H3,(H2,46,47,48)/t28?,29-,30?,35+,36?,38+/m1/s1. The number of hydrogen-bond acceptors (Lipinski definition) is 6. The maximum atomic E-state index is 15.5. The number of ether oxygens (including phenoxy) is 3. The number of fused-ring (bicyclic) bond motifs is 4. The lowest BCUT2D eigenvalue weighted by Gasteiger charge is -2.59. The van der Waals surface area contributed by atoms with Gasteiger partial charge in [-0.2, -0.15) is 22.0 Å². The average molecular weight is 749 g/mol. The highest BCUT2D eigenvalue weighted by molar-refractivity contribution is 5.89. The summed E-state index contributed by atoms with van der Waals surface area (Å²) < 4.78 is 90.7. The minimum atomic E-state index is -5.93. The monoisotopic (exact) mass is 748 g/mol. The van der Waals surface area contributed by atoms with E-state index in [4.69, 9.17) is 14.2 Å². The lowest BCUT2D eigenvalue weighted by Crippen LogP contribution is -2.65. The maximum absolute atomic E-state index is 15.5. The molecule has 1 heterocycles. The van der Waals surface area contributed by atoms with Gasteiger partial charge in [-0.05, 0) is 91.3 Å². The number of rotatable bonds is 6. The van der Waals surface area contributed by atoms with Gasteiger partial charge in [0.15, 0.2) is 5.79 Å². The molecule has 53 heavy (non-hydrogen) atoms. The van der Waals surface area contributed by atoms with Gasteiger partial charge in [0.2, 0.25) is 0 Å². The summed E-state index contributed by atoms with van der Waals surface area (Å²) in [5, 5.41) is 29.6. The number of urea groups is 1. The van der Waals surface area contributed by atoms with Gasteiger partial charge >= 0.3 is 18.1 Å². The minimum absolute atomic E-state index is 0.0136. The van der Waals surface area contributed by atoms with Crippen LogP contribution >= 0.6 is 0 Å². The third-order valence-corrected chi connectivity index (χ3v) is 13.1. The van der Waals surface area contributed by atoms with Crippen LogP contribution in [0, 0.1) is 22.7 Å². The summed E-state index contributed by atoms with van der Waals surface area (Å²) in [6, 6.07) is 13.6. The Hall–Kier alpha value is -3.26. The molecule has 8 nitrogen and oxygen atoms in total. The minimum Gasteiger partial charge on any atom is -0.497 e. The van der Waals surface area contributed by atoms with E-state index in [0.29, 0.717) is 49.5 Å². The largest absolute Gasteiger partial charge is 0.497 e. The number of benzene rings is 2. The second-order valence-corrected chi connectivity index (χ2v) is 17.0. The number of amides is 2. The van der Waals surface area contributed by atoms with Crippen LogP contribution in [0.5, 0.6) is 5.75 Å². The molecule has 3 unspecified atom stereocenters. The summed E-state index contributed by atoms with van der Waals surface area (Å²) in [5.74, 6) is -7.33. The van der Waals surface area contributed by atoms with E-state index < -0.39 is 64.7 Å². The number of aliphatic hydroxyl groups is 2. The highest BCUT2D eigenvalue weighted by Crippen LogP contribution is 2.71. The van der Waals surface area contributed by atoms with Crippen molar-refractivity contribution in [2.24, 2.45) is 22.7 Å². The third kappa shape index (κ3) is 6.33. The van der Waals surface area contributed by atoms with Gasteiger partial charge < -0.3 is 35.1 Å². The number of halogens is 5. The first-order chi connectivity index (χ1) is 24.8. The maximum Gasteiger partial charge on any atom is 0.456 e. The zero-order chi connectivity index (χ0) is 38.2. The molecule has 1 saturated heterocycles. The van der Waals surface area contributed by atoms with E-state index in [1.807, 2.05) is 13.8 Å². The Balaban J connectivity index is 1.20. The highest BCUT2D eigenvalue weighted by Gasteiger charge is 2.79. The smallest absolute Gasteiger partial charge is 0.456 e. The molecular formula is C40H49F5N2O6. The number of anilines is 1. The zero-order valence-corrected chi connectivity index (χ0v) is 30.5. The molecule has 6 atom stereocenters. The third-order valence-electron chi connectivity index (χ3n) is 13.1. The summed E-state index contributed by atoms with van der Waals surface area (Å²) in [6.45, 7) is 6.60. The Morgan fingerprint density at radius 2 is 1.58 bits per heavy atom. The van der Waals surface area contributed by atoms with E-state index in [1.165, 1.54) is 6.92 Å². The predicted molar refractivity (Wildman–Crippen MR) is 186 cm³/mol. The Kier molecular flexibility index (Phi) is 9.27. The zero-order valence-electron chi connectivity index (χ0n) is 30.5. The summed E-state index contributed by atoms with van der Waals surface area (Å²) in [7, 11) is 1.55. The molecule has 0 aromatic heterocycles. The number of carbonyl (C=O) groups excluding carboxylic acids is 1. The van der Waals surface area contributed by atoms with Crippen LogP contribution in [0.4, 0.5) is 32.4 Å². The number of hydrogen-bond donors (Lipinski definition) is 4. The van der Waals surface area contributed by atoms with Gasteiger partial charge in [0.05, 0.1) is 25.9 Å². The molecule has 290 valence electrons. The normalized spacial score (nSPS) is 33.5. The molecule has 0 radical (unpaired) electrons. The van der Waals surface area contributed by atoms with Gasteiger partial charge in [0.25, 0.3) is 0 Å². The van der Waals surface area contributed by atoms with Crippen molar-refractivity contribution in [1.82, 2.24) is 5.32 Å². The number of carbonyl (C=O) groups is 1. The summed E-state index contributed by atoms with van der Waals surface area (Å²) >= 11 is 0. The van der Waals surface area contributed by atoms with E-state index >= 15 is 8.78 Å². The quantitative estimate of drug-likeness (QED) is 0.175. The van der Waals surface area contributed by atoms with Crippen molar-refractivity contribution in [3.8, 4) is 5.75 Å². The molecular weight excluding hydrogens is 699 g/mol. The van der Waals surface area contributed by atoms with Gasteiger partial charge in [-0.25, -0.2) is 4.79 Å². The molecule has 13 heteroatoms. The molecule has 3 saturated carbocycles. The highest BCUT2D eigenvalue weighted by atomic mass is 19.4. The van der Waals surface area contributed by atoms with Crippen LogP contribution in [0.3, 0.4) is 0 Å². The molecule has 2 aromatic carbocycles. The Morgan fingerprint density at radius 1 is 0.925 bits per heavy atom. The van der Waals surface area contributed by atoms with Crippen LogP contribution in [0.15, 0.2) is 59.7 Å². The molecule has 2 aromatic rings. The number of alkyl halides is 5. The number of nitrogens with one attached hydrogen (secondary N) is 2. The van der Waals surface area contributed by atoms with Crippen molar-refractivity contribution in [3.05, 3.63) is 70.8 Å². The van der Waals surface area contributed by atoms with Crippen molar-refractivity contribution in [3.63, 3.8) is 0 Å². The molecule has 0 bridgehead atoms. The second-order valence-electron chi connectivity index (χ2n) is 17.0. The Morgan fingerprint density at radius 3 is 2.21 bits per heavy atom. The number of allylic oxidation sites excluding steroid dienone is 1. The van der Waals surface area contributed by atoms with Crippen molar-refractivity contribution < 1.29 is 51.2 Å². The topological polar surface area (TPSA) is 109 Å². The molecule has 4 aliphatic carbocycles. The molecule has 4 fully saturated rings. The van der Waals surface area contributed by atoms with Crippen molar-refractivity contribution in [1.29, 1.82) is 0 Å². The van der Waals surface area contributed by atoms with E-state index in [9.17, 15) is 28.2 Å².